The van der Waals surface area contributed by atoms with Gasteiger partial charge < -0.3 is 14.7 Å². The summed E-state index contributed by atoms with van der Waals surface area (Å²) in [7, 11) is 1.24. The largest absolute Gasteiger partial charge is 0.507 e. The van der Waals surface area contributed by atoms with Crippen LogP contribution in [-0.2, 0) is 14.3 Å². The van der Waals surface area contributed by atoms with Crippen molar-refractivity contribution >= 4 is 23.3 Å². The van der Waals surface area contributed by atoms with Crippen LogP contribution in [0.15, 0.2) is 29.8 Å². The van der Waals surface area contributed by atoms with Gasteiger partial charge in [0.25, 0.3) is 0 Å². The van der Waals surface area contributed by atoms with E-state index in [-0.39, 0.29) is 23.7 Å². The Morgan fingerprint density at radius 3 is 2.76 bits per heavy atom. The maximum absolute atomic E-state index is 12.5. The van der Waals surface area contributed by atoms with E-state index in [1.54, 1.807) is 23.1 Å². The molecule has 1 heterocycles. The molecule has 21 heavy (non-hydrogen) atoms. The molecule has 3 rings (SSSR count). The van der Waals surface area contributed by atoms with Crippen LogP contribution in [0.5, 0.6) is 0 Å². The van der Waals surface area contributed by atoms with E-state index >= 15 is 0 Å². The highest BCUT2D eigenvalue weighted by molar-refractivity contribution is 6.09. The summed E-state index contributed by atoms with van der Waals surface area (Å²) in [4.78, 5) is 26.0. The van der Waals surface area contributed by atoms with Gasteiger partial charge in [0, 0.05) is 12.1 Å². The van der Waals surface area contributed by atoms with E-state index in [1.807, 2.05) is 6.07 Å². The summed E-state index contributed by atoms with van der Waals surface area (Å²) in [5.41, 5.74) is 1.18. The van der Waals surface area contributed by atoms with Crippen LogP contribution in [0.2, 0.25) is 0 Å². The van der Waals surface area contributed by atoms with Crippen LogP contribution in [0.3, 0.4) is 0 Å². The Kier molecular flexibility index (Phi) is 3.41. The molecule has 0 saturated heterocycles. The van der Waals surface area contributed by atoms with Crippen LogP contribution in [0, 0.1) is 5.92 Å². The monoisotopic (exact) mass is 287 g/mol. The molecule has 1 N–H and O–H groups in total. The fraction of sp³-hybridized carbons (Fsp3) is 0.375. The molecule has 0 bridgehead atoms. The number of aliphatic hydroxyl groups excluding tert-OH is 1. The van der Waals surface area contributed by atoms with Crippen LogP contribution in [-0.4, -0.2) is 30.6 Å². The fourth-order valence-electron chi connectivity index (χ4n) is 2.59. The number of anilines is 1. The average Bonchev–Trinajstić information content (AvgIpc) is 3.32. The van der Waals surface area contributed by atoms with Gasteiger partial charge >= 0.3 is 5.97 Å². The maximum atomic E-state index is 12.5. The zero-order valence-electron chi connectivity index (χ0n) is 11.8. The number of amides is 1. The van der Waals surface area contributed by atoms with Crippen LogP contribution in [0.4, 0.5) is 5.69 Å². The van der Waals surface area contributed by atoms with Gasteiger partial charge in [-0.25, -0.2) is 4.79 Å². The summed E-state index contributed by atoms with van der Waals surface area (Å²) in [6.07, 6.45) is 2.10. The Hall–Kier alpha value is -2.30. The van der Waals surface area contributed by atoms with Crippen LogP contribution in [0.25, 0.3) is 5.76 Å². The predicted molar refractivity (Wildman–Crippen MR) is 77.7 cm³/mol. The summed E-state index contributed by atoms with van der Waals surface area (Å²) in [6.45, 7) is 0.636. The minimum absolute atomic E-state index is 0.0215. The quantitative estimate of drug-likeness (QED) is 0.866. The smallest absolute Gasteiger partial charge is 0.338 e. The molecule has 0 radical (unpaired) electrons. The molecule has 0 atom stereocenters. The lowest BCUT2D eigenvalue weighted by Crippen LogP contribution is -2.33. The molecular formula is C16H17NO4. The Morgan fingerprint density at radius 2 is 2.10 bits per heavy atom. The standard InChI is InChI=1S/C16H17NO4/c1-21-16(20)12-8-14(18)17(9-10-6-7-10)13-5-3-2-4-11(13)15(12)19/h2-5,10,19H,6-9H2,1H3. The second kappa shape index (κ2) is 5.24. The van der Waals surface area contributed by atoms with Crippen LogP contribution in [0.1, 0.15) is 24.8 Å². The van der Waals surface area contributed by atoms with Crippen molar-refractivity contribution in [3.8, 4) is 0 Å². The fourth-order valence-corrected chi connectivity index (χ4v) is 2.59. The van der Waals surface area contributed by atoms with Gasteiger partial charge in [-0.2, -0.15) is 0 Å². The lowest BCUT2D eigenvalue weighted by molar-refractivity contribution is -0.137. The normalized spacial score (nSPS) is 18.3. The summed E-state index contributed by atoms with van der Waals surface area (Å²) < 4.78 is 4.68. The number of rotatable bonds is 3. The zero-order valence-corrected chi connectivity index (χ0v) is 11.8. The second-order valence-electron chi connectivity index (χ2n) is 5.46. The van der Waals surface area contributed by atoms with E-state index in [0.717, 1.165) is 12.8 Å². The molecule has 2 aliphatic rings. The number of fused-ring (bicyclic) bond motifs is 1. The highest BCUT2D eigenvalue weighted by Crippen LogP contribution is 2.37. The molecule has 0 spiro atoms. The van der Waals surface area contributed by atoms with Crippen LogP contribution >= 0.6 is 0 Å². The van der Waals surface area contributed by atoms with E-state index in [2.05, 4.69) is 4.74 Å². The van der Waals surface area contributed by atoms with Crippen molar-refractivity contribution in [2.75, 3.05) is 18.6 Å². The molecular weight excluding hydrogens is 270 g/mol. The first-order chi connectivity index (χ1) is 10.1. The Morgan fingerprint density at radius 1 is 1.38 bits per heavy atom. The highest BCUT2D eigenvalue weighted by atomic mass is 16.5. The Balaban J connectivity index is 2.08. The molecule has 5 nitrogen and oxygen atoms in total. The van der Waals surface area contributed by atoms with Gasteiger partial charge in [0.05, 0.1) is 24.8 Å². The Bertz CT molecular complexity index is 631. The van der Waals surface area contributed by atoms with E-state index in [0.29, 0.717) is 23.7 Å². The first-order valence-corrected chi connectivity index (χ1v) is 7.02. The number of methoxy groups -OCH3 is 1. The number of aliphatic hydroxyl groups is 1. The van der Waals surface area contributed by atoms with Crippen molar-refractivity contribution in [1.82, 2.24) is 0 Å². The van der Waals surface area contributed by atoms with Crippen molar-refractivity contribution in [3.05, 3.63) is 35.4 Å². The van der Waals surface area contributed by atoms with Gasteiger partial charge in [-0.3, -0.25) is 4.79 Å². The third-order valence-corrected chi connectivity index (χ3v) is 3.93. The first kappa shape index (κ1) is 13.7. The van der Waals surface area contributed by atoms with Crippen molar-refractivity contribution in [2.24, 2.45) is 5.92 Å². The predicted octanol–water partition coefficient (Wildman–Crippen LogP) is 2.28. The van der Waals surface area contributed by atoms with E-state index in [4.69, 9.17) is 0 Å². The van der Waals surface area contributed by atoms with Gasteiger partial charge in [-0.15, -0.1) is 0 Å². The minimum atomic E-state index is -0.663. The van der Waals surface area contributed by atoms with Crippen molar-refractivity contribution in [3.63, 3.8) is 0 Å². The van der Waals surface area contributed by atoms with Gasteiger partial charge in [-0.05, 0) is 30.9 Å². The molecule has 1 aromatic rings. The molecule has 1 aliphatic carbocycles. The number of hydrogen-bond donors (Lipinski definition) is 1. The number of nitrogens with zero attached hydrogens (tertiary/aromatic N) is 1. The Labute approximate surface area is 122 Å². The maximum Gasteiger partial charge on any atom is 0.338 e. The summed E-state index contributed by atoms with van der Waals surface area (Å²) in [6, 6.07) is 7.11. The van der Waals surface area contributed by atoms with Crippen molar-refractivity contribution in [2.45, 2.75) is 19.3 Å². The topological polar surface area (TPSA) is 66.8 Å². The molecule has 1 saturated carbocycles. The van der Waals surface area contributed by atoms with Crippen molar-refractivity contribution < 1.29 is 19.4 Å². The van der Waals surface area contributed by atoms with Gasteiger partial charge in [0.15, 0.2) is 0 Å². The lowest BCUT2D eigenvalue weighted by Gasteiger charge is -2.22. The number of carbonyl (C=O) groups is 2. The zero-order chi connectivity index (χ0) is 15.0. The van der Waals surface area contributed by atoms with E-state index < -0.39 is 5.97 Å². The third-order valence-electron chi connectivity index (χ3n) is 3.93. The number of hydrogen-bond acceptors (Lipinski definition) is 4. The van der Waals surface area contributed by atoms with Gasteiger partial charge in [-0.1, -0.05) is 12.1 Å². The SMILES string of the molecule is COC(=O)C1=C(O)c2ccccc2N(CC2CC2)C(=O)C1. The number of benzene rings is 1. The number of para-hydroxylation sites is 1. The molecule has 1 amide bonds. The average molecular weight is 287 g/mol. The number of ether oxygens (including phenoxy) is 1. The lowest BCUT2D eigenvalue weighted by atomic mass is 10.1. The molecule has 0 aromatic heterocycles. The molecule has 5 heteroatoms. The summed E-state index contributed by atoms with van der Waals surface area (Å²) >= 11 is 0. The highest BCUT2D eigenvalue weighted by Gasteiger charge is 2.34. The molecule has 110 valence electrons. The van der Waals surface area contributed by atoms with Crippen molar-refractivity contribution in [1.29, 1.82) is 0 Å². The third kappa shape index (κ3) is 2.51. The van der Waals surface area contributed by atoms with Gasteiger partial charge in [0.2, 0.25) is 5.91 Å². The summed E-state index contributed by atoms with van der Waals surface area (Å²) in [5, 5.41) is 10.4. The van der Waals surface area contributed by atoms with E-state index in [9.17, 15) is 14.7 Å². The molecule has 0 unspecified atom stereocenters. The number of esters is 1. The summed E-state index contributed by atoms with van der Waals surface area (Å²) in [5.74, 6) is -0.490. The molecule has 1 aliphatic heterocycles. The number of carbonyl (C=O) groups excluding carboxylic acids is 2. The second-order valence-corrected chi connectivity index (χ2v) is 5.46. The van der Waals surface area contributed by atoms with E-state index in [1.165, 1.54) is 7.11 Å². The van der Waals surface area contributed by atoms with Gasteiger partial charge in [0.1, 0.15) is 5.76 Å². The first-order valence-electron chi connectivity index (χ1n) is 7.02. The minimum Gasteiger partial charge on any atom is -0.507 e. The van der Waals surface area contributed by atoms with Crippen LogP contribution < -0.4 is 4.90 Å². The molecule has 1 fully saturated rings. The molecule has 1 aromatic carbocycles.